The third-order valence-electron chi connectivity index (χ3n) is 3.43. The minimum absolute atomic E-state index is 0.219. The van der Waals surface area contributed by atoms with E-state index in [1.165, 1.54) is 12.8 Å². The number of hydrogen-bond donors (Lipinski definition) is 2. The monoisotopic (exact) mass is 214 g/mol. The molecule has 0 radical (unpaired) electrons. The fourth-order valence-electron chi connectivity index (χ4n) is 2.08. The van der Waals surface area contributed by atoms with Gasteiger partial charge in [0.05, 0.1) is 6.10 Å². The largest absolute Gasteiger partial charge is 0.390 e. The number of aliphatic hydroxyl groups excluding tert-OH is 1. The molecule has 0 aromatic rings. The highest BCUT2D eigenvalue weighted by Crippen LogP contribution is 2.32. The second-order valence-corrected chi connectivity index (χ2v) is 4.56. The zero-order chi connectivity index (χ0) is 11.3. The molecule has 3 nitrogen and oxygen atoms in total. The molecule has 0 bridgehead atoms. The van der Waals surface area contributed by atoms with Crippen LogP contribution < -0.4 is 5.32 Å². The van der Waals surface area contributed by atoms with Crippen LogP contribution in [0.3, 0.4) is 0 Å². The summed E-state index contributed by atoms with van der Waals surface area (Å²) in [5.74, 6) is 0.866. The zero-order valence-electron chi connectivity index (χ0n) is 10.4. The van der Waals surface area contributed by atoms with Crippen LogP contribution in [0.4, 0.5) is 0 Å². The molecule has 0 aromatic heterocycles. The molecule has 0 aliphatic heterocycles. The van der Waals surface area contributed by atoms with Gasteiger partial charge in [0, 0.05) is 19.1 Å². The first-order valence-corrected chi connectivity index (χ1v) is 6.35. The molecule has 1 aliphatic rings. The van der Waals surface area contributed by atoms with Gasteiger partial charge < -0.3 is 15.3 Å². The first-order chi connectivity index (χ1) is 7.21. The number of likely N-dealkylation sites (N-methyl/N-ethyl adjacent to an activating group) is 1. The molecule has 0 saturated heterocycles. The first-order valence-electron chi connectivity index (χ1n) is 6.35. The maximum atomic E-state index is 9.81. The van der Waals surface area contributed by atoms with Crippen LogP contribution in [-0.2, 0) is 0 Å². The van der Waals surface area contributed by atoms with Crippen LogP contribution in [0.1, 0.15) is 33.6 Å². The Morgan fingerprint density at radius 3 is 2.47 bits per heavy atom. The fraction of sp³-hybridized carbons (Fsp3) is 1.00. The molecule has 2 N–H and O–H groups in total. The maximum Gasteiger partial charge on any atom is 0.0791 e. The molecule has 0 heterocycles. The number of nitrogens with one attached hydrogen (secondary N) is 1. The van der Waals surface area contributed by atoms with Crippen molar-refractivity contribution >= 4 is 0 Å². The van der Waals surface area contributed by atoms with Crippen molar-refractivity contribution in [2.75, 3.05) is 26.2 Å². The minimum Gasteiger partial charge on any atom is -0.390 e. The van der Waals surface area contributed by atoms with E-state index in [4.69, 9.17) is 0 Å². The Hall–Kier alpha value is -0.120. The van der Waals surface area contributed by atoms with E-state index < -0.39 is 0 Å². The first kappa shape index (κ1) is 12.9. The molecule has 3 heteroatoms. The van der Waals surface area contributed by atoms with Gasteiger partial charge in [-0.1, -0.05) is 27.2 Å². The molecule has 0 spiro atoms. The van der Waals surface area contributed by atoms with Crippen LogP contribution in [0, 0.1) is 5.92 Å². The van der Waals surface area contributed by atoms with Crippen LogP contribution in [0.25, 0.3) is 0 Å². The predicted molar refractivity (Wildman–Crippen MR) is 64.0 cm³/mol. The summed E-state index contributed by atoms with van der Waals surface area (Å²) in [6.45, 7) is 10.1. The van der Waals surface area contributed by atoms with Crippen molar-refractivity contribution < 1.29 is 5.11 Å². The lowest BCUT2D eigenvalue weighted by molar-refractivity contribution is 0.116. The molecule has 3 atom stereocenters. The summed E-state index contributed by atoms with van der Waals surface area (Å²) < 4.78 is 0. The van der Waals surface area contributed by atoms with Gasteiger partial charge in [-0.3, -0.25) is 0 Å². The SMILES string of the molecule is CCC1CC1NCC(O)CN(CC)CC. The third-order valence-corrected chi connectivity index (χ3v) is 3.43. The third kappa shape index (κ3) is 4.49. The Labute approximate surface area is 93.9 Å². The minimum atomic E-state index is -0.219. The van der Waals surface area contributed by atoms with Gasteiger partial charge in [-0.05, 0) is 25.4 Å². The van der Waals surface area contributed by atoms with Crippen molar-refractivity contribution in [3.63, 3.8) is 0 Å². The Morgan fingerprint density at radius 2 is 2.00 bits per heavy atom. The van der Waals surface area contributed by atoms with Gasteiger partial charge in [0.1, 0.15) is 0 Å². The summed E-state index contributed by atoms with van der Waals surface area (Å²) in [6.07, 6.45) is 2.35. The summed E-state index contributed by atoms with van der Waals surface area (Å²) in [5, 5.41) is 13.2. The number of aliphatic hydroxyl groups is 1. The summed E-state index contributed by atoms with van der Waals surface area (Å²) in [4.78, 5) is 2.26. The quantitative estimate of drug-likeness (QED) is 0.634. The summed E-state index contributed by atoms with van der Waals surface area (Å²) >= 11 is 0. The Balaban J connectivity index is 2.05. The summed E-state index contributed by atoms with van der Waals surface area (Å²) in [7, 11) is 0. The van der Waals surface area contributed by atoms with Gasteiger partial charge in [-0.2, -0.15) is 0 Å². The molecule has 90 valence electrons. The standard InChI is InChI=1S/C12H26N2O/c1-4-10-7-12(10)13-8-11(15)9-14(5-2)6-3/h10-13,15H,4-9H2,1-3H3. The highest BCUT2D eigenvalue weighted by molar-refractivity contribution is 4.92. The molecule has 0 amide bonds. The summed E-state index contributed by atoms with van der Waals surface area (Å²) in [6, 6.07) is 0.682. The van der Waals surface area contributed by atoms with E-state index in [-0.39, 0.29) is 6.10 Å². The molecule has 3 unspecified atom stereocenters. The van der Waals surface area contributed by atoms with Crippen LogP contribution in [0.2, 0.25) is 0 Å². The molecule has 1 rings (SSSR count). The van der Waals surface area contributed by atoms with E-state index in [1.807, 2.05) is 0 Å². The normalized spacial score (nSPS) is 27.0. The Bertz CT molecular complexity index is 171. The molecule has 15 heavy (non-hydrogen) atoms. The maximum absolute atomic E-state index is 9.81. The van der Waals surface area contributed by atoms with Gasteiger partial charge in [0.2, 0.25) is 0 Å². The van der Waals surface area contributed by atoms with Crippen LogP contribution >= 0.6 is 0 Å². The van der Waals surface area contributed by atoms with Gasteiger partial charge in [0.15, 0.2) is 0 Å². The van der Waals surface area contributed by atoms with Crippen molar-refractivity contribution in [1.82, 2.24) is 10.2 Å². The average Bonchev–Trinajstić information content (AvgIpc) is 3.01. The van der Waals surface area contributed by atoms with Gasteiger partial charge in [0.25, 0.3) is 0 Å². The Kier molecular flexibility index (Phi) is 5.58. The van der Waals surface area contributed by atoms with Gasteiger partial charge in [-0.25, -0.2) is 0 Å². The lowest BCUT2D eigenvalue weighted by Gasteiger charge is -2.22. The second-order valence-electron chi connectivity index (χ2n) is 4.56. The summed E-state index contributed by atoms with van der Waals surface area (Å²) in [5.41, 5.74) is 0. The molecule has 1 saturated carbocycles. The van der Waals surface area contributed by atoms with Gasteiger partial charge in [-0.15, -0.1) is 0 Å². The second kappa shape index (κ2) is 6.46. The van der Waals surface area contributed by atoms with E-state index in [0.29, 0.717) is 6.04 Å². The topological polar surface area (TPSA) is 35.5 Å². The van der Waals surface area contributed by atoms with Crippen molar-refractivity contribution in [2.24, 2.45) is 5.92 Å². The van der Waals surface area contributed by atoms with E-state index in [1.54, 1.807) is 0 Å². The van der Waals surface area contributed by atoms with Crippen LogP contribution in [0.15, 0.2) is 0 Å². The van der Waals surface area contributed by atoms with E-state index in [2.05, 4.69) is 31.0 Å². The van der Waals surface area contributed by atoms with Gasteiger partial charge >= 0.3 is 0 Å². The molecule has 1 aliphatic carbocycles. The van der Waals surface area contributed by atoms with Crippen molar-refractivity contribution in [2.45, 2.75) is 45.8 Å². The number of rotatable bonds is 8. The number of hydrogen-bond acceptors (Lipinski definition) is 3. The van der Waals surface area contributed by atoms with Crippen LogP contribution in [0.5, 0.6) is 0 Å². The lowest BCUT2D eigenvalue weighted by Crippen LogP contribution is -2.39. The van der Waals surface area contributed by atoms with Crippen molar-refractivity contribution in [1.29, 1.82) is 0 Å². The Morgan fingerprint density at radius 1 is 1.33 bits per heavy atom. The van der Waals surface area contributed by atoms with Crippen molar-refractivity contribution in [3.05, 3.63) is 0 Å². The van der Waals surface area contributed by atoms with Crippen molar-refractivity contribution in [3.8, 4) is 0 Å². The van der Waals surface area contributed by atoms with E-state index >= 15 is 0 Å². The molecular formula is C12H26N2O. The van der Waals surface area contributed by atoms with E-state index in [9.17, 15) is 5.11 Å². The van der Waals surface area contributed by atoms with E-state index in [0.717, 1.165) is 32.1 Å². The molecule has 1 fully saturated rings. The zero-order valence-corrected chi connectivity index (χ0v) is 10.4. The smallest absolute Gasteiger partial charge is 0.0791 e. The average molecular weight is 214 g/mol. The highest BCUT2D eigenvalue weighted by Gasteiger charge is 2.34. The fourth-order valence-corrected chi connectivity index (χ4v) is 2.08. The van der Waals surface area contributed by atoms with Crippen LogP contribution in [-0.4, -0.2) is 48.3 Å². The lowest BCUT2D eigenvalue weighted by atomic mass is 10.3. The highest BCUT2D eigenvalue weighted by atomic mass is 16.3. The molecule has 0 aromatic carbocycles. The predicted octanol–water partition coefficient (Wildman–Crippen LogP) is 1.08. The molecular weight excluding hydrogens is 188 g/mol. The number of nitrogens with zero attached hydrogens (tertiary/aromatic N) is 1.